The van der Waals surface area contributed by atoms with Crippen molar-refractivity contribution in [1.82, 2.24) is 9.29 Å². The van der Waals surface area contributed by atoms with Crippen LogP contribution in [-0.4, -0.2) is 27.5 Å². The van der Waals surface area contributed by atoms with Gasteiger partial charge in [0.2, 0.25) is 0 Å². The molecule has 7 heteroatoms. The normalized spacial score (nSPS) is 17.6. The van der Waals surface area contributed by atoms with Crippen LogP contribution in [-0.2, 0) is 6.54 Å². The van der Waals surface area contributed by atoms with Crippen LogP contribution in [0.2, 0.25) is 10.0 Å². The fourth-order valence-electron chi connectivity index (χ4n) is 3.29. The molecule has 1 atom stereocenters. The van der Waals surface area contributed by atoms with E-state index in [1.807, 2.05) is 42.5 Å². The van der Waals surface area contributed by atoms with E-state index < -0.39 is 0 Å². The van der Waals surface area contributed by atoms with Crippen molar-refractivity contribution in [3.8, 4) is 0 Å². The van der Waals surface area contributed by atoms with Crippen LogP contribution in [0, 0.1) is 0 Å². The Bertz CT molecular complexity index is 914. The molecule has 0 spiro atoms. The highest BCUT2D eigenvalue weighted by molar-refractivity contribution is 7.98. The number of hydrogen-bond acceptors (Lipinski definition) is 4. The third-order valence-electron chi connectivity index (χ3n) is 4.43. The van der Waals surface area contributed by atoms with Crippen molar-refractivity contribution in [2.24, 2.45) is 0 Å². The standard InChI is InChI=1S/C18H17Cl2N3OS/c19-12-5-6-15-13(7-12)18-11(10-24)8-23(9-17(18)21-15)25-22-16-4-2-1-3-14(16)20/h1-7,11,21-22,24H,8-10H2. The molecule has 0 saturated heterocycles. The molecule has 25 heavy (non-hydrogen) atoms. The molecular formula is C18H17Cl2N3OS. The number of hydrogen-bond donors (Lipinski definition) is 3. The van der Waals surface area contributed by atoms with Gasteiger partial charge in [-0.1, -0.05) is 35.3 Å². The van der Waals surface area contributed by atoms with Crippen molar-refractivity contribution >= 4 is 51.9 Å². The van der Waals surface area contributed by atoms with E-state index in [0.29, 0.717) is 10.0 Å². The first-order valence-corrected chi connectivity index (χ1v) is 9.52. The van der Waals surface area contributed by atoms with Gasteiger partial charge in [-0.05, 0) is 35.9 Å². The van der Waals surface area contributed by atoms with Crippen molar-refractivity contribution in [1.29, 1.82) is 0 Å². The van der Waals surface area contributed by atoms with Crippen molar-refractivity contribution < 1.29 is 5.11 Å². The molecule has 0 aliphatic carbocycles. The monoisotopic (exact) mass is 393 g/mol. The van der Waals surface area contributed by atoms with Gasteiger partial charge >= 0.3 is 0 Å². The fourth-order valence-corrected chi connectivity index (χ4v) is 4.55. The minimum atomic E-state index is 0.0384. The second-order valence-corrected chi connectivity index (χ2v) is 7.83. The molecule has 0 bridgehead atoms. The molecule has 1 unspecified atom stereocenters. The number of aromatic nitrogens is 1. The van der Waals surface area contributed by atoms with Crippen LogP contribution in [0.3, 0.4) is 0 Å². The van der Waals surface area contributed by atoms with Gasteiger partial charge in [0.05, 0.1) is 23.9 Å². The SMILES string of the molecule is OCC1CN(SNc2ccccc2Cl)Cc2[nH]c3ccc(Cl)cc3c21. The van der Waals surface area contributed by atoms with Crippen molar-refractivity contribution in [3.05, 3.63) is 63.8 Å². The summed E-state index contributed by atoms with van der Waals surface area (Å²) in [5, 5.41) is 12.4. The van der Waals surface area contributed by atoms with Gasteiger partial charge in [0.25, 0.3) is 0 Å². The van der Waals surface area contributed by atoms with Crippen LogP contribution in [0.15, 0.2) is 42.5 Å². The van der Waals surface area contributed by atoms with Gasteiger partial charge in [-0.3, -0.25) is 0 Å². The summed E-state index contributed by atoms with van der Waals surface area (Å²) in [6.45, 7) is 1.58. The van der Waals surface area contributed by atoms with E-state index >= 15 is 0 Å². The summed E-state index contributed by atoms with van der Waals surface area (Å²) >= 11 is 13.9. The molecule has 1 aliphatic rings. The number of fused-ring (bicyclic) bond motifs is 3. The predicted molar refractivity (Wildman–Crippen MR) is 106 cm³/mol. The first-order chi connectivity index (χ1) is 12.2. The Labute approximate surface area is 160 Å². The van der Waals surface area contributed by atoms with Crippen LogP contribution >= 0.6 is 35.3 Å². The maximum absolute atomic E-state index is 9.91. The van der Waals surface area contributed by atoms with Gasteiger partial charge in [-0.25, -0.2) is 4.31 Å². The van der Waals surface area contributed by atoms with Crippen molar-refractivity contribution in [3.63, 3.8) is 0 Å². The number of nitrogens with zero attached hydrogens (tertiary/aromatic N) is 1. The zero-order valence-electron chi connectivity index (χ0n) is 13.3. The number of benzene rings is 2. The van der Waals surface area contributed by atoms with Gasteiger partial charge in [-0.2, -0.15) is 0 Å². The van der Waals surface area contributed by atoms with Crippen LogP contribution in [0.5, 0.6) is 0 Å². The Morgan fingerprint density at radius 3 is 2.88 bits per heavy atom. The number of rotatable bonds is 4. The smallest absolute Gasteiger partial charge is 0.0646 e. The van der Waals surface area contributed by atoms with Crippen LogP contribution in [0.1, 0.15) is 17.2 Å². The molecule has 2 aromatic carbocycles. The molecule has 0 fully saturated rings. The summed E-state index contributed by atoms with van der Waals surface area (Å²) in [5.74, 6) is 0.0384. The van der Waals surface area contributed by atoms with E-state index in [-0.39, 0.29) is 12.5 Å². The van der Waals surface area contributed by atoms with Gasteiger partial charge in [0.1, 0.15) is 0 Å². The van der Waals surface area contributed by atoms with Crippen LogP contribution in [0.4, 0.5) is 5.69 Å². The lowest BCUT2D eigenvalue weighted by Crippen LogP contribution is -2.31. The Morgan fingerprint density at radius 2 is 2.08 bits per heavy atom. The third kappa shape index (κ3) is 3.35. The summed E-state index contributed by atoms with van der Waals surface area (Å²) in [6.07, 6.45) is 0. The largest absolute Gasteiger partial charge is 0.396 e. The Balaban J connectivity index is 1.58. The summed E-state index contributed by atoms with van der Waals surface area (Å²) in [4.78, 5) is 3.47. The lowest BCUT2D eigenvalue weighted by molar-refractivity contribution is 0.236. The number of aliphatic hydroxyl groups is 1. The average Bonchev–Trinajstić information content (AvgIpc) is 2.98. The molecule has 4 rings (SSSR count). The maximum Gasteiger partial charge on any atom is 0.0646 e. The van der Waals surface area contributed by atoms with E-state index in [4.69, 9.17) is 23.2 Å². The molecule has 130 valence electrons. The summed E-state index contributed by atoms with van der Waals surface area (Å²) in [7, 11) is 0. The molecular weight excluding hydrogens is 377 g/mol. The summed E-state index contributed by atoms with van der Waals surface area (Å²) in [5.41, 5.74) is 4.23. The van der Waals surface area contributed by atoms with E-state index in [2.05, 4.69) is 14.0 Å². The van der Waals surface area contributed by atoms with Crippen molar-refractivity contribution in [2.75, 3.05) is 17.9 Å². The Morgan fingerprint density at radius 1 is 1.24 bits per heavy atom. The molecule has 4 nitrogen and oxygen atoms in total. The van der Waals surface area contributed by atoms with Crippen LogP contribution < -0.4 is 4.72 Å². The molecule has 3 N–H and O–H groups in total. The topological polar surface area (TPSA) is 51.3 Å². The number of aromatic amines is 1. The second kappa shape index (κ2) is 7.09. The minimum Gasteiger partial charge on any atom is -0.396 e. The number of aliphatic hydroxyl groups excluding tert-OH is 1. The Hall–Kier alpha value is -1.37. The Kier molecular flexibility index (Phi) is 4.84. The molecule has 0 radical (unpaired) electrons. The highest BCUT2D eigenvalue weighted by Crippen LogP contribution is 2.38. The van der Waals surface area contributed by atoms with E-state index in [9.17, 15) is 5.11 Å². The van der Waals surface area contributed by atoms with Gasteiger partial charge in [0, 0.05) is 46.2 Å². The fraction of sp³-hybridized carbons (Fsp3) is 0.222. The minimum absolute atomic E-state index is 0.0384. The highest BCUT2D eigenvalue weighted by Gasteiger charge is 2.29. The lowest BCUT2D eigenvalue weighted by Gasteiger charge is -2.31. The molecule has 3 aromatic rings. The average molecular weight is 394 g/mol. The first-order valence-electron chi connectivity index (χ1n) is 7.99. The summed E-state index contributed by atoms with van der Waals surface area (Å²) in [6, 6.07) is 13.5. The zero-order valence-corrected chi connectivity index (χ0v) is 15.6. The van der Waals surface area contributed by atoms with Crippen molar-refractivity contribution in [2.45, 2.75) is 12.5 Å². The number of anilines is 1. The number of H-pyrrole nitrogens is 1. The summed E-state index contributed by atoms with van der Waals surface area (Å²) < 4.78 is 5.48. The van der Waals surface area contributed by atoms with Crippen LogP contribution in [0.25, 0.3) is 10.9 Å². The molecule has 0 amide bonds. The second-order valence-electron chi connectivity index (χ2n) is 6.08. The molecule has 2 heterocycles. The predicted octanol–water partition coefficient (Wildman–Crippen LogP) is 5.04. The maximum atomic E-state index is 9.91. The molecule has 1 aliphatic heterocycles. The quantitative estimate of drug-likeness (QED) is 0.543. The lowest BCUT2D eigenvalue weighted by atomic mass is 9.94. The molecule has 0 saturated carbocycles. The van der Waals surface area contributed by atoms with E-state index in [1.54, 1.807) is 0 Å². The van der Waals surface area contributed by atoms with Gasteiger partial charge in [-0.15, -0.1) is 0 Å². The zero-order chi connectivity index (χ0) is 17.4. The third-order valence-corrected chi connectivity index (χ3v) is 5.84. The number of para-hydroxylation sites is 1. The molecule has 1 aromatic heterocycles. The number of nitrogens with one attached hydrogen (secondary N) is 2. The number of halogens is 2. The van der Waals surface area contributed by atoms with E-state index in [0.717, 1.165) is 35.4 Å². The van der Waals surface area contributed by atoms with Gasteiger partial charge in [0.15, 0.2) is 0 Å². The van der Waals surface area contributed by atoms with Gasteiger partial charge < -0.3 is 14.8 Å². The first kappa shape index (κ1) is 17.1. The highest BCUT2D eigenvalue weighted by atomic mass is 35.5. The van der Waals surface area contributed by atoms with E-state index in [1.165, 1.54) is 17.7 Å².